The molecule has 3 aromatic heterocycles. The summed E-state index contributed by atoms with van der Waals surface area (Å²) in [6.07, 6.45) is 2.04. The minimum Gasteiger partial charge on any atom is -0.305 e. The summed E-state index contributed by atoms with van der Waals surface area (Å²) in [4.78, 5) is 18.4. The molecule has 0 aliphatic heterocycles. The first-order chi connectivity index (χ1) is 22.8. The summed E-state index contributed by atoms with van der Waals surface area (Å²) in [6.45, 7) is 0. The number of para-hydroxylation sites is 2. The van der Waals surface area contributed by atoms with Gasteiger partial charge in [0.1, 0.15) is 11.2 Å². The van der Waals surface area contributed by atoms with Crippen LogP contribution in [0.2, 0.25) is 0 Å². The predicted octanol–water partition coefficient (Wildman–Crippen LogP) is 8.73. The number of benzene rings is 6. The SMILES string of the molecule is c1ccc(-c2nc(-c3ccccc3)nc(-c3cccc(-n4c5ccccc5c5ccc6[nH]c[n+](-c7ccccc7)c6c54)c3)n2)cc1. The molecule has 9 rings (SSSR count). The van der Waals surface area contributed by atoms with Crippen LogP contribution in [-0.4, -0.2) is 24.5 Å². The number of rotatable bonds is 5. The van der Waals surface area contributed by atoms with E-state index >= 15 is 0 Å². The molecule has 0 fully saturated rings. The summed E-state index contributed by atoms with van der Waals surface area (Å²) in [7, 11) is 0. The summed E-state index contributed by atoms with van der Waals surface area (Å²) in [5, 5.41) is 2.39. The Balaban J connectivity index is 1.30. The fourth-order valence-corrected chi connectivity index (χ4v) is 6.38. The van der Waals surface area contributed by atoms with Crippen molar-refractivity contribution in [2.24, 2.45) is 0 Å². The maximum Gasteiger partial charge on any atom is 0.247 e. The van der Waals surface area contributed by atoms with Crippen LogP contribution in [0.1, 0.15) is 0 Å². The largest absolute Gasteiger partial charge is 0.305 e. The highest BCUT2D eigenvalue weighted by molar-refractivity contribution is 6.16. The van der Waals surface area contributed by atoms with Gasteiger partial charge in [0.05, 0.1) is 5.52 Å². The Morgan fingerprint density at radius 2 is 1.09 bits per heavy atom. The fraction of sp³-hybridized carbons (Fsp3) is 0. The van der Waals surface area contributed by atoms with E-state index in [-0.39, 0.29) is 0 Å². The Bertz CT molecular complexity index is 2460. The zero-order valence-electron chi connectivity index (χ0n) is 24.7. The average Bonchev–Trinajstić information content (AvgIpc) is 3.72. The van der Waals surface area contributed by atoms with Crippen LogP contribution in [0.5, 0.6) is 0 Å². The van der Waals surface area contributed by atoms with Crippen LogP contribution in [0.3, 0.4) is 0 Å². The first kappa shape index (κ1) is 26.0. The average molecular weight is 592 g/mol. The highest BCUT2D eigenvalue weighted by Crippen LogP contribution is 2.36. The molecule has 0 atom stereocenters. The van der Waals surface area contributed by atoms with Crippen molar-refractivity contribution in [1.29, 1.82) is 0 Å². The van der Waals surface area contributed by atoms with Crippen molar-refractivity contribution in [3.05, 3.63) is 158 Å². The Morgan fingerprint density at radius 3 is 1.78 bits per heavy atom. The number of nitrogens with one attached hydrogen (secondary N) is 1. The molecule has 0 aliphatic rings. The molecule has 0 radical (unpaired) electrons. The minimum absolute atomic E-state index is 0.626. The van der Waals surface area contributed by atoms with Gasteiger partial charge < -0.3 is 4.57 Å². The first-order valence-corrected chi connectivity index (χ1v) is 15.3. The highest BCUT2D eigenvalue weighted by atomic mass is 15.1. The van der Waals surface area contributed by atoms with Crippen LogP contribution in [0.4, 0.5) is 0 Å². The Kier molecular flexibility index (Phi) is 6.03. The topological polar surface area (TPSA) is 63.3 Å². The number of hydrogen-bond donors (Lipinski definition) is 1. The number of H-pyrrole nitrogens is 1. The van der Waals surface area contributed by atoms with Gasteiger partial charge in [-0.1, -0.05) is 109 Å². The molecule has 0 bridgehead atoms. The van der Waals surface area contributed by atoms with Crippen molar-refractivity contribution in [2.75, 3.05) is 0 Å². The monoisotopic (exact) mass is 591 g/mol. The second-order valence-corrected chi connectivity index (χ2v) is 11.3. The van der Waals surface area contributed by atoms with Crippen LogP contribution in [-0.2, 0) is 0 Å². The van der Waals surface area contributed by atoms with Crippen LogP contribution in [0.15, 0.2) is 158 Å². The van der Waals surface area contributed by atoms with E-state index in [4.69, 9.17) is 15.0 Å². The molecule has 1 N–H and O–H groups in total. The molecule has 6 heteroatoms. The fourth-order valence-electron chi connectivity index (χ4n) is 6.38. The number of fused-ring (bicyclic) bond motifs is 5. The molecule has 46 heavy (non-hydrogen) atoms. The van der Waals surface area contributed by atoms with Gasteiger partial charge in [0.25, 0.3) is 0 Å². The van der Waals surface area contributed by atoms with E-state index in [1.807, 2.05) is 73.1 Å². The normalized spacial score (nSPS) is 11.5. The van der Waals surface area contributed by atoms with Gasteiger partial charge >= 0.3 is 0 Å². The molecule has 0 amide bonds. The van der Waals surface area contributed by atoms with Crippen LogP contribution < -0.4 is 4.57 Å². The number of nitrogens with zero attached hydrogens (tertiary/aromatic N) is 5. The number of imidazole rings is 1. The number of aromatic amines is 1. The van der Waals surface area contributed by atoms with Crippen molar-refractivity contribution >= 4 is 32.8 Å². The maximum absolute atomic E-state index is 5.00. The second kappa shape index (κ2) is 10.6. The molecule has 0 saturated carbocycles. The number of aromatic nitrogens is 6. The van der Waals surface area contributed by atoms with Crippen molar-refractivity contribution in [2.45, 2.75) is 0 Å². The summed E-state index contributed by atoms with van der Waals surface area (Å²) in [6, 6.07) is 52.1. The van der Waals surface area contributed by atoms with E-state index in [0.717, 1.165) is 50.1 Å². The van der Waals surface area contributed by atoms with Gasteiger partial charge in [-0.25, -0.2) is 19.9 Å². The van der Waals surface area contributed by atoms with Crippen LogP contribution in [0, 0.1) is 0 Å². The zero-order chi connectivity index (χ0) is 30.5. The highest BCUT2D eigenvalue weighted by Gasteiger charge is 2.23. The van der Waals surface area contributed by atoms with Gasteiger partial charge in [-0.3, -0.25) is 0 Å². The Hall–Kier alpha value is -6.40. The molecule has 6 nitrogen and oxygen atoms in total. The summed E-state index contributed by atoms with van der Waals surface area (Å²) < 4.78 is 4.60. The van der Waals surface area contributed by atoms with E-state index in [1.54, 1.807) is 0 Å². The summed E-state index contributed by atoms with van der Waals surface area (Å²) in [5.41, 5.74) is 9.37. The van der Waals surface area contributed by atoms with Crippen molar-refractivity contribution < 1.29 is 4.57 Å². The minimum atomic E-state index is 0.626. The van der Waals surface area contributed by atoms with E-state index in [0.29, 0.717) is 17.5 Å². The molecule has 0 saturated heterocycles. The lowest BCUT2D eigenvalue weighted by Crippen LogP contribution is -2.28. The lowest BCUT2D eigenvalue weighted by molar-refractivity contribution is -0.566. The van der Waals surface area contributed by atoms with Gasteiger partial charge in [-0.2, -0.15) is 4.57 Å². The van der Waals surface area contributed by atoms with E-state index < -0.39 is 0 Å². The molecule has 3 heterocycles. The summed E-state index contributed by atoms with van der Waals surface area (Å²) >= 11 is 0. The van der Waals surface area contributed by atoms with Crippen molar-refractivity contribution in [3.63, 3.8) is 0 Å². The van der Waals surface area contributed by atoms with E-state index in [9.17, 15) is 0 Å². The molecular weight excluding hydrogens is 564 g/mol. The third-order valence-corrected chi connectivity index (χ3v) is 8.50. The molecule has 6 aromatic carbocycles. The molecule has 9 aromatic rings. The maximum atomic E-state index is 5.00. The van der Waals surface area contributed by atoms with Gasteiger partial charge in [-0.05, 0) is 42.5 Å². The first-order valence-electron chi connectivity index (χ1n) is 15.3. The lowest BCUT2D eigenvalue weighted by Gasteiger charge is -2.12. The van der Waals surface area contributed by atoms with E-state index in [2.05, 4.69) is 99.0 Å². The number of hydrogen-bond acceptors (Lipinski definition) is 3. The van der Waals surface area contributed by atoms with Crippen molar-refractivity contribution in [3.8, 4) is 45.5 Å². The molecule has 0 aliphatic carbocycles. The van der Waals surface area contributed by atoms with Gasteiger partial charge in [0.15, 0.2) is 23.0 Å². The Labute approximate surface area is 264 Å². The summed E-state index contributed by atoms with van der Waals surface area (Å²) in [5.74, 6) is 1.91. The standard InChI is InChI=1S/C40H26N6/c1-4-13-27(14-5-1)38-42-39(28-15-6-2-7-16-28)44-40(43-38)29-17-12-20-31(25-29)46-35-22-11-10-21-32(35)33-23-24-34-37(36(33)46)45(26-41-34)30-18-8-3-9-19-30/h1-26H/p+1. The van der Waals surface area contributed by atoms with E-state index in [1.165, 1.54) is 10.8 Å². The third-order valence-electron chi connectivity index (χ3n) is 8.50. The quantitative estimate of drug-likeness (QED) is 0.204. The molecule has 0 unspecified atom stereocenters. The third kappa shape index (κ3) is 4.27. The van der Waals surface area contributed by atoms with Crippen molar-refractivity contribution in [1.82, 2.24) is 24.5 Å². The van der Waals surface area contributed by atoms with Gasteiger partial charge in [-0.15, -0.1) is 0 Å². The lowest BCUT2D eigenvalue weighted by atomic mass is 10.1. The zero-order valence-corrected chi connectivity index (χ0v) is 24.7. The predicted molar refractivity (Wildman–Crippen MR) is 184 cm³/mol. The smallest absolute Gasteiger partial charge is 0.247 e. The Morgan fingerprint density at radius 1 is 0.500 bits per heavy atom. The molecule has 216 valence electrons. The van der Waals surface area contributed by atoms with Gasteiger partial charge in [0, 0.05) is 33.2 Å². The molecular formula is C40H27N6+. The van der Waals surface area contributed by atoms with Gasteiger partial charge in [0.2, 0.25) is 11.8 Å². The van der Waals surface area contributed by atoms with Crippen LogP contribution in [0.25, 0.3) is 78.4 Å². The van der Waals surface area contributed by atoms with Crippen LogP contribution >= 0.6 is 0 Å². The second-order valence-electron chi connectivity index (χ2n) is 11.3. The molecule has 0 spiro atoms.